The highest BCUT2D eigenvalue weighted by atomic mass is 15.3. The summed E-state index contributed by atoms with van der Waals surface area (Å²) >= 11 is 0. The van der Waals surface area contributed by atoms with E-state index in [0.29, 0.717) is 5.92 Å². The van der Waals surface area contributed by atoms with Gasteiger partial charge >= 0.3 is 0 Å². The van der Waals surface area contributed by atoms with E-state index in [9.17, 15) is 0 Å². The number of hydrogen-bond donors (Lipinski definition) is 1. The lowest BCUT2D eigenvalue weighted by Gasteiger charge is -2.39. The molecule has 6 heteroatoms. The van der Waals surface area contributed by atoms with Gasteiger partial charge in [-0.3, -0.25) is 0 Å². The van der Waals surface area contributed by atoms with Gasteiger partial charge < -0.3 is 29.5 Å². The van der Waals surface area contributed by atoms with Crippen LogP contribution in [0.25, 0.3) is 5.70 Å². The summed E-state index contributed by atoms with van der Waals surface area (Å²) in [6, 6.07) is 13.1. The highest BCUT2D eigenvalue weighted by Crippen LogP contribution is 2.30. The van der Waals surface area contributed by atoms with Gasteiger partial charge in [-0.15, -0.1) is 0 Å². The first-order chi connectivity index (χ1) is 18.4. The minimum Gasteiger partial charge on any atom is -0.375 e. The number of nitrogens with zero attached hydrogens (tertiary/aromatic N) is 5. The molecule has 2 saturated heterocycles. The molecule has 2 aliphatic rings. The van der Waals surface area contributed by atoms with Gasteiger partial charge in [0.1, 0.15) is 0 Å². The Balaban J connectivity index is 1.23. The van der Waals surface area contributed by atoms with Gasteiger partial charge in [0.25, 0.3) is 0 Å². The molecule has 0 amide bonds. The molecule has 3 heterocycles. The van der Waals surface area contributed by atoms with Crippen LogP contribution < -0.4 is 10.2 Å². The molecule has 0 radical (unpaired) electrons. The number of aryl methyl sites for hydroxylation is 1. The Morgan fingerprint density at radius 2 is 1.47 bits per heavy atom. The maximum Gasteiger partial charge on any atom is 0.0984 e. The number of anilines is 2. The molecule has 0 spiro atoms. The lowest BCUT2D eigenvalue weighted by molar-refractivity contribution is 0.215. The van der Waals surface area contributed by atoms with E-state index >= 15 is 0 Å². The molecule has 4 rings (SSSR count). The van der Waals surface area contributed by atoms with Crippen molar-refractivity contribution in [1.29, 1.82) is 0 Å². The van der Waals surface area contributed by atoms with Crippen LogP contribution in [0.1, 0.15) is 45.2 Å². The molecular formula is C32H48N6. The summed E-state index contributed by atoms with van der Waals surface area (Å²) in [4.78, 5) is 9.75. The Bertz CT molecular complexity index is 1060. The molecule has 206 valence electrons. The maximum atomic E-state index is 4.50. The normalized spacial score (nSPS) is 16.4. The predicted octanol–water partition coefficient (Wildman–Crippen LogP) is 6.05. The second kappa shape index (κ2) is 13.0. The van der Waals surface area contributed by atoms with E-state index in [2.05, 4.69) is 113 Å². The lowest BCUT2D eigenvalue weighted by atomic mass is 9.92. The van der Waals surface area contributed by atoms with Crippen LogP contribution in [-0.2, 0) is 7.05 Å². The van der Waals surface area contributed by atoms with Gasteiger partial charge in [0.2, 0.25) is 0 Å². The summed E-state index contributed by atoms with van der Waals surface area (Å²) in [5, 5.41) is 3.53. The molecule has 2 fully saturated rings. The number of benzene rings is 1. The Kier molecular flexibility index (Phi) is 9.48. The molecule has 1 aromatic heterocycles. The molecule has 2 aliphatic heterocycles. The van der Waals surface area contributed by atoms with Crippen LogP contribution in [0.5, 0.6) is 0 Å². The number of hydrogen-bond acceptors (Lipinski definition) is 5. The standard InChI is InChI=1S/C32H48N6/c1-7-17-35(18-8-2)26(3)29-15-20-38(21-16-29)31-13-11-30(12-14-31)33-28(5)37-24-22-36(23-25-37)27(4)32-10-9-19-34(32)6/h9-14,19,29,33H,3-5,7-8,15-18,20-25H2,1-2,6H3. The number of nitrogens with one attached hydrogen (secondary N) is 1. The average Bonchev–Trinajstić information content (AvgIpc) is 3.38. The van der Waals surface area contributed by atoms with Crippen LogP contribution in [-0.4, -0.2) is 71.6 Å². The zero-order valence-electron chi connectivity index (χ0n) is 24.0. The summed E-state index contributed by atoms with van der Waals surface area (Å²) in [6.07, 6.45) is 6.81. The van der Waals surface area contributed by atoms with E-state index in [4.69, 9.17) is 0 Å². The van der Waals surface area contributed by atoms with Crippen molar-refractivity contribution in [3.05, 3.63) is 79.5 Å². The van der Waals surface area contributed by atoms with Crippen LogP contribution in [0.4, 0.5) is 11.4 Å². The number of rotatable bonds is 12. The van der Waals surface area contributed by atoms with Crippen LogP contribution in [0.3, 0.4) is 0 Å². The van der Waals surface area contributed by atoms with Crippen molar-refractivity contribution in [3.63, 3.8) is 0 Å². The number of piperidine rings is 1. The van der Waals surface area contributed by atoms with Crippen molar-refractivity contribution in [2.75, 3.05) is 62.6 Å². The molecule has 38 heavy (non-hydrogen) atoms. The van der Waals surface area contributed by atoms with E-state index in [1.165, 1.54) is 42.8 Å². The fourth-order valence-corrected chi connectivity index (χ4v) is 5.84. The van der Waals surface area contributed by atoms with Gasteiger partial charge in [0.05, 0.1) is 17.2 Å². The first-order valence-corrected chi connectivity index (χ1v) is 14.5. The molecule has 6 nitrogen and oxygen atoms in total. The topological polar surface area (TPSA) is 29.9 Å². The van der Waals surface area contributed by atoms with Crippen molar-refractivity contribution in [3.8, 4) is 0 Å². The molecule has 1 N–H and O–H groups in total. The highest BCUT2D eigenvalue weighted by Gasteiger charge is 2.24. The SMILES string of the molecule is C=C(Nc1ccc(N2CCC(C(=C)N(CCC)CCC)CC2)cc1)N1CCN(C(=C)c2cccn2C)CC1. The Morgan fingerprint density at radius 1 is 0.868 bits per heavy atom. The zero-order chi connectivity index (χ0) is 27.1. The first-order valence-electron chi connectivity index (χ1n) is 14.5. The molecular weight excluding hydrogens is 468 g/mol. The Morgan fingerprint density at radius 3 is 2.03 bits per heavy atom. The third kappa shape index (κ3) is 6.58. The minimum atomic E-state index is 0.610. The molecule has 0 unspecified atom stereocenters. The van der Waals surface area contributed by atoms with Gasteiger partial charge in [-0.05, 0) is 62.1 Å². The summed E-state index contributed by atoms with van der Waals surface area (Å²) in [5.41, 5.74) is 6.03. The van der Waals surface area contributed by atoms with Crippen molar-refractivity contribution in [2.45, 2.75) is 39.5 Å². The van der Waals surface area contributed by atoms with Crippen LogP contribution in [0.2, 0.25) is 0 Å². The third-order valence-corrected chi connectivity index (χ3v) is 8.16. The molecule has 0 saturated carbocycles. The molecule has 0 bridgehead atoms. The number of allylic oxidation sites excluding steroid dienone is 1. The third-order valence-electron chi connectivity index (χ3n) is 8.16. The summed E-state index contributed by atoms with van der Waals surface area (Å²) in [7, 11) is 2.07. The van der Waals surface area contributed by atoms with Crippen molar-refractivity contribution >= 4 is 17.1 Å². The second-order valence-electron chi connectivity index (χ2n) is 10.8. The van der Waals surface area contributed by atoms with Gasteiger partial charge in [-0.25, -0.2) is 0 Å². The Hall–Kier alpha value is -3.28. The molecule has 0 aliphatic carbocycles. The van der Waals surface area contributed by atoms with Gasteiger partial charge in [-0.1, -0.05) is 33.6 Å². The lowest BCUT2D eigenvalue weighted by Crippen LogP contribution is -2.45. The summed E-state index contributed by atoms with van der Waals surface area (Å²) in [6.45, 7) is 25.9. The van der Waals surface area contributed by atoms with E-state index in [1.54, 1.807) is 0 Å². The first kappa shape index (κ1) is 27.7. The fraction of sp³-hybridized carbons (Fsp3) is 0.500. The fourth-order valence-electron chi connectivity index (χ4n) is 5.84. The van der Waals surface area contributed by atoms with Crippen LogP contribution in [0, 0.1) is 5.92 Å². The average molecular weight is 517 g/mol. The van der Waals surface area contributed by atoms with Crippen molar-refractivity contribution in [1.82, 2.24) is 19.3 Å². The highest BCUT2D eigenvalue weighted by molar-refractivity contribution is 5.59. The molecule has 1 aromatic carbocycles. The van der Waals surface area contributed by atoms with Crippen LogP contribution in [0.15, 0.2) is 73.8 Å². The van der Waals surface area contributed by atoms with E-state index < -0.39 is 0 Å². The van der Waals surface area contributed by atoms with E-state index in [-0.39, 0.29) is 0 Å². The van der Waals surface area contributed by atoms with Gasteiger partial charge in [0, 0.05) is 88.6 Å². The van der Waals surface area contributed by atoms with Crippen molar-refractivity contribution < 1.29 is 0 Å². The predicted molar refractivity (Wildman–Crippen MR) is 163 cm³/mol. The van der Waals surface area contributed by atoms with Crippen LogP contribution >= 0.6 is 0 Å². The largest absolute Gasteiger partial charge is 0.375 e. The smallest absolute Gasteiger partial charge is 0.0984 e. The van der Waals surface area contributed by atoms with E-state index in [0.717, 1.165) is 69.6 Å². The maximum absolute atomic E-state index is 4.50. The van der Waals surface area contributed by atoms with Crippen molar-refractivity contribution in [2.24, 2.45) is 13.0 Å². The monoisotopic (exact) mass is 516 g/mol. The number of piperazine rings is 1. The second-order valence-corrected chi connectivity index (χ2v) is 10.8. The van der Waals surface area contributed by atoms with E-state index in [1.807, 2.05) is 0 Å². The molecule has 2 aromatic rings. The van der Waals surface area contributed by atoms with Gasteiger partial charge in [-0.2, -0.15) is 0 Å². The zero-order valence-corrected chi connectivity index (χ0v) is 24.0. The number of aromatic nitrogens is 1. The molecule has 0 atom stereocenters. The summed E-state index contributed by atoms with van der Waals surface area (Å²) < 4.78 is 2.13. The minimum absolute atomic E-state index is 0.610. The quantitative estimate of drug-likeness (QED) is 0.371. The Labute approximate surface area is 230 Å². The van der Waals surface area contributed by atoms with Gasteiger partial charge in [0.15, 0.2) is 0 Å². The summed E-state index contributed by atoms with van der Waals surface area (Å²) in [5.74, 6) is 1.57.